The molecule has 0 saturated heterocycles. The fourth-order valence-corrected chi connectivity index (χ4v) is 1.99. The maximum absolute atomic E-state index is 9.24. The van der Waals surface area contributed by atoms with Gasteiger partial charge in [0.25, 0.3) is 0 Å². The van der Waals surface area contributed by atoms with E-state index in [1.54, 1.807) is 12.4 Å². The van der Waals surface area contributed by atoms with E-state index >= 15 is 0 Å². The predicted molar refractivity (Wildman–Crippen MR) is 66.0 cm³/mol. The monoisotopic (exact) mass is 251 g/mol. The summed E-state index contributed by atoms with van der Waals surface area (Å²) in [6.07, 6.45) is 3.33. The molecule has 2 heterocycles. The number of aromatic nitrogens is 3. The molecular weight excluding hydrogens is 238 g/mol. The van der Waals surface area contributed by atoms with Crippen molar-refractivity contribution in [3.05, 3.63) is 46.0 Å². The number of hydrogen-bond acceptors (Lipinski definition) is 3. The lowest BCUT2D eigenvalue weighted by molar-refractivity contribution is 0.280. The van der Waals surface area contributed by atoms with E-state index in [4.69, 9.17) is 11.6 Å². The van der Waals surface area contributed by atoms with Crippen LogP contribution in [0.5, 0.6) is 0 Å². The SMILES string of the molecule is Cc1nn(Cc2ccncc2Cl)c(C)c1CO. The van der Waals surface area contributed by atoms with Crippen LogP contribution < -0.4 is 0 Å². The van der Waals surface area contributed by atoms with Gasteiger partial charge in [-0.15, -0.1) is 0 Å². The van der Waals surface area contributed by atoms with Crippen molar-refractivity contribution < 1.29 is 5.11 Å². The third-order valence-electron chi connectivity index (χ3n) is 2.87. The smallest absolute Gasteiger partial charge is 0.0718 e. The predicted octanol–water partition coefficient (Wildman–Crippen LogP) is 2.09. The summed E-state index contributed by atoms with van der Waals surface area (Å²) in [5.41, 5.74) is 3.68. The van der Waals surface area contributed by atoms with Crippen LogP contribution in [-0.4, -0.2) is 19.9 Å². The van der Waals surface area contributed by atoms with Crippen LogP contribution in [0.3, 0.4) is 0 Å². The van der Waals surface area contributed by atoms with Crippen LogP contribution >= 0.6 is 11.6 Å². The van der Waals surface area contributed by atoms with Crippen molar-refractivity contribution >= 4 is 11.6 Å². The lowest BCUT2D eigenvalue weighted by atomic mass is 10.2. The van der Waals surface area contributed by atoms with Crippen molar-refractivity contribution in [2.45, 2.75) is 27.0 Å². The molecule has 0 atom stereocenters. The maximum atomic E-state index is 9.24. The first-order chi connectivity index (χ1) is 8.13. The molecule has 0 aromatic carbocycles. The summed E-state index contributed by atoms with van der Waals surface area (Å²) in [6, 6.07) is 1.87. The molecule has 0 amide bonds. The second-order valence-electron chi connectivity index (χ2n) is 3.93. The lowest BCUT2D eigenvalue weighted by Gasteiger charge is -2.06. The van der Waals surface area contributed by atoms with Gasteiger partial charge in [-0.2, -0.15) is 5.10 Å². The maximum Gasteiger partial charge on any atom is 0.0718 e. The second kappa shape index (κ2) is 4.85. The summed E-state index contributed by atoms with van der Waals surface area (Å²) >= 11 is 6.05. The average molecular weight is 252 g/mol. The highest BCUT2D eigenvalue weighted by atomic mass is 35.5. The highest BCUT2D eigenvalue weighted by molar-refractivity contribution is 6.31. The summed E-state index contributed by atoms with van der Waals surface area (Å²) in [5, 5.41) is 14.3. The highest BCUT2D eigenvalue weighted by Crippen LogP contribution is 2.18. The minimum atomic E-state index is 0.0156. The van der Waals surface area contributed by atoms with Crippen LogP contribution in [0.25, 0.3) is 0 Å². The van der Waals surface area contributed by atoms with E-state index in [2.05, 4.69) is 10.1 Å². The Hall–Kier alpha value is -1.39. The molecule has 0 aliphatic carbocycles. The number of rotatable bonds is 3. The van der Waals surface area contributed by atoms with Crippen LogP contribution in [0.1, 0.15) is 22.5 Å². The Kier molecular flexibility index (Phi) is 3.45. The first-order valence-corrected chi connectivity index (χ1v) is 5.73. The molecule has 0 fully saturated rings. The van der Waals surface area contributed by atoms with Crippen LogP contribution in [0.2, 0.25) is 5.02 Å². The molecule has 0 saturated carbocycles. The van der Waals surface area contributed by atoms with Gasteiger partial charge in [0.1, 0.15) is 0 Å². The fourth-order valence-electron chi connectivity index (χ4n) is 1.81. The summed E-state index contributed by atoms with van der Waals surface area (Å²) in [6.45, 7) is 4.44. The number of halogens is 1. The molecular formula is C12H14ClN3O. The Morgan fingerprint density at radius 3 is 2.76 bits per heavy atom. The van der Waals surface area contributed by atoms with Gasteiger partial charge in [-0.25, -0.2) is 0 Å². The number of aliphatic hydroxyl groups is 1. The van der Waals surface area contributed by atoms with Gasteiger partial charge >= 0.3 is 0 Å². The number of aryl methyl sites for hydroxylation is 1. The third-order valence-corrected chi connectivity index (χ3v) is 3.21. The van der Waals surface area contributed by atoms with E-state index in [1.165, 1.54) is 0 Å². The van der Waals surface area contributed by atoms with Gasteiger partial charge in [-0.05, 0) is 25.5 Å². The van der Waals surface area contributed by atoms with Crippen LogP contribution in [0.15, 0.2) is 18.5 Å². The van der Waals surface area contributed by atoms with Gasteiger partial charge < -0.3 is 5.11 Å². The van der Waals surface area contributed by atoms with Gasteiger partial charge in [0.15, 0.2) is 0 Å². The topological polar surface area (TPSA) is 50.9 Å². The third kappa shape index (κ3) is 2.33. The summed E-state index contributed by atoms with van der Waals surface area (Å²) in [7, 11) is 0. The summed E-state index contributed by atoms with van der Waals surface area (Å²) in [4.78, 5) is 3.95. The molecule has 2 aromatic heterocycles. The zero-order valence-corrected chi connectivity index (χ0v) is 10.6. The van der Waals surface area contributed by atoms with Crippen LogP contribution in [-0.2, 0) is 13.2 Å². The van der Waals surface area contributed by atoms with Gasteiger partial charge in [0.2, 0.25) is 0 Å². The van der Waals surface area contributed by atoms with Gasteiger partial charge in [0.05, 0.1) is 23.9 Å². The van der Waals surface area contributed by atoms with Gasteiger partial charge in [-0.3, -0.25) is 9.67 Å². The van der Waals surface area contributed by atoms with E-state index in [1.807, 2.05) is 24.6 Å². The van der Waals surface area contributed by atoms with Crippen LogP contribution in [0, 0.1) is 13.8 Å². The van der Waals surface area contributed by atoms with Crippen molar-refractivity contribution in [2.24, 2.45) is 0 Å². The molecule has 1 N–H and O–H groups in total. The molecule has 0 aliphatic heterocycles. The van der Waals surface area contributed by atoms with Crippen molar-refractivity contribution in [2.75, 3.05) is 0 Å². The van der Waals surface area contributed by atoms with Crippen molar-refractivity contribution in [1.29, 1.82) is 0 Å². The molecule has 0 unspecified atom stereocenters. The van der Waals surface area contributed by atoms with Gasteiger partial charge in [-0.1, -0.05) is 11.6 Å². The normalized spacial score (nSPS) is 10.8. The Balaban J connectivity index is 2.34. The molecule has 2 aromatic rings. The molecule has 4 nitrogen and oxygen atoms in total. The Bertz CT molecular complexity index is 537. The molecule has 5 heteroatoms. The lowest BCUT2D eigenvalue weighted by Crippen LogP contribution is -2.05. The average Bonchev–Trinajstić information content (AvgIpc) is 2.57. The zero-order valence-electron chi connectivity index (χ0n) is 9.81. The standard InChI is InChI=1S/C12H14ClN3O/c1-8-11(7-17)9(2)16(15-8)6-10-3-4-14-5-12(10)13/h3-5,17H,6-7H2,1-2H3. The van der Waals surface area contributed by atoms with E-state index in [9.17, 15) is 5.11 Å². The molecule has 90 valence electrons. The largest absolute Gasteiger partial charge is 0.392 e. The molecule has 0 spiro atoms. The van der Waals surface area contributed by atoms with E-state index in [0.29, 0.717) is 11.6 Å². The van der Waals surface area contributed by atoms with Crippen LogP contribution in [0.4, 0.5) is 0 Å². The molecule has 0 bridgehead atoms. The number of aliphatic hydroxyl groups excluding tert-OH is 1. The van der Waals surface area contributed by atoms with E-state index in [-0.39, 0.29) is 6.61 Å². The van der Waals surface area contributed by atoms with Crippen molar-refractivity contribution in [1.82, 2.24) is 14.8 Å². The minimum Gasteiger partial charge on any atom is -0.392 e. The summed E-state index contributed by atoms with van der Waals surface area (Å²) < 4.78 is 1.85. The Morgan fingerprint density at radius 1 is 1.41 bits per heavy atom. The number of pyridine rings is 1. The zero-order chi connectivity index (χ0) is 12.4. The van der Waals surface area contributed by atoms with Crippen molar-refractivity contribution in [3.8, 4) is 0 Å². The highest BCUT2D eigenvalue weighted by Gasteiger charge is 2.11. The fraction of sp³-hybridized carbons (Fsp3) is 0.333. The van der Waals surface area contributed by atoms with Crippen molar-refractivity contribution in [3.63, 3.8) is 0 Å². The first kappa shape index (κ1) is 12.1. The van der Waals surface area contributed by atoms with E-state index in [0.717, 1.165) is 22.5 Å². The Morgan fingerprint density at radius 2 is 2.18 bits per heavy atom. The minimum absolute atomic E-state index is 0.0156. The number of nitrogens with zero attached hydrogens (tertiary/aromatic N) is 3. The second-order valence-corrected chi connectivity index (χ2v) is 4.34. The quantitative estimate of drug-likeness (QED) is 0.909. The van der Waals surface area contributed by atoms with Gasteiger partial charge in [0, 0.05) is 23.7 Å². The molecule has 2 rings (SSSR count). The molecule has 0 aliphatic rings. The molecule has 0 radical (unpaired) electrons. The Labute approximate surface area is 105 Å². The molecule has 17 heavy (non-hydrogen) atoms. The summed E-state index contributed by atoms with van der Waals surface area (Å²) in [5.74, 6) is 0. The first-order valence-electron chi connectivity index (χ1n) is 5.35. The number of hydrogen-bond donors (Lipinski definition) is 1. The van der Waals surface area contributed by atoms with E-state index < -0.39 is 0 Å².